The highest BCUT2D eigenvalue weighted by Gasteiger charge is 2.28. The topological polar surface area (TPSA) is 123 Å². The van der Waals surface area contributed by atoms with Crippen LogP contribution in [0.2, 0.25) is 0 Å². The maximum atomic E-state index is 13.0. The molecule has 1 aromatic heterocycles. The van der Waals surface area contributed by atoms with Crippen LogP contribution >= 0.6 is 0 Å². The fourth-order valence-corrected chi connectivity index (χ4v) is 4.42. The van der Waals surface area contributed by atoms with E-state index < -0.39 is 5.69 Å². The number of rotatable bonds is 4. The fraction of sp³-hybridized carbons (Fsp3) is 0.333. The molecule has 5 rings (SSSR count). The first-order valence-electron chi connectivity index (χ1n) is 11.2. The Morgan fingerprint density at radius 3 is 2.59 bits per heavy atom. The van der Waals surface area contributed by atoms with E-state index in [0.29, 0.717) is 59.6 Å². The molecule has 2 amide bonds. The highest BCUT2D eigenvalue weighted by atomic mass is 16.7. The van der Waals surface area contributed by atoms with Gasteiger partial charge < -0.3 is 24.7 Å². The average molecular weight is 464 g/mol. The molecule has 0 bridgehead atoms. The summed E-state index contributed by atoms with van der Waals surface area (Å²) in [5.41, 5.74) is 0.483. The molecule has 3 heterocycles. The quantitative estimate of drug-likeness (QED) is 0.608. The monoisotopic (exact) mass is 464 g/mol. The van der Waals surface area contributed by atoms with Gasteiger partial charge in [-0.25, -0.2) is 4.79 Å². The van der Waals surface area contributed by atoms with E-state index in [1.54, 1.807) is 48.2 Å². The van der Waals surface area contributed by atoms with E-state index in [1.165, 1.54) is 0 Å². The lowest BCUT2D eigenvalue weighted by molar-refractivity contribution is -0.121. The molecule has 0 radical (unpaired) electrons. The molecule has 2 aliphatic heterocycles. The van der Waals surface area contributed by atoms with E-state index in [0.717, 1.165) is 4.57 Å². The van der Waals surface area contributed by atoms with Crippen molar-refractivity contribution in [1.82, 2.24) is 14.5 Å². The zero-order valence-electron chi connectivity index (χ0n) is 18.6. The SMILES string of the molecule is CCn1c(=O)[nH]c2cc(C(=O)N3CCC(C(=O)Nc4ccc5c(c4)OCO5)CC3)ccc2c1=O. The Kier molecular flexibility index (Phi) is 5.56. The zero-order chi connectivity index (χ0) is 23.8. The van der Waals surface area contributed by atoms with Gasteiger partial charge in [0.05, 0.1) is 10.9 Å². The van der Waals surface area contributed by atoms with Crippen LogP contribution in [0.3, 0.4) is 0 Å². The van der Waals surface area contributed by atoms with Gasteiger partial charge in [0.2, 0.25) is 12.7 Å². The molecule has 10 nitrogen and oxygen atoms in total. The molecule has 2 aliphatic rings. The number of aromatic amines is 1. The lowest BCUT2D eigenvalue weighted by Gasteiger charge is -2.31. The van der Waals surface area contributed by atoms with Gasteiger partial charge >= 0.3 is 5.69 Å². The molecule has 10 heteroatoms. The van der Waals surface area contributed by atoms with Crippen molar-refractivity contribution in [2.24, 2.45) is 5.92 Å². The minimum atomic E-state index is -0.501. The third kappa shape index (κ3) is 3.91. The van der Waals surface area contributed by atoms with Crippen molar-refractivity contribution in [3.8, 4) is 11.5 Å². The van der Waals surface area contributed by atoms with Crippen molar-refractivity contribution in [2.75, 3.05) is 25.2 Å². The Morgan fingerprint density at radius 1 is 1.06 bits per heavy atom. The lowest BCUT2D eigenvalue weighted by atomic mass is 9.95. The number of hydrogen-bond donors (Lipinski definition) is 2. The number of likely N-dealkylation sites (tertiary alicyclic amines) is 1. The molecule has 0 spiro atoms. The Morgan fingerprint density at radius 2 is 1.82 bits per heavy atom. The normalized spacial score (nSPS) is 15.5. The van der Waals surface area contributed by atoms with Crippen molar-refractivity contribution in [3.63, 3.8) is 0 Å². The summed E-state index contributed by atoms with van der Waals surface area (Å²) in [5, 5.41) is 3.27. The number of ether oxygens (including phenoxy) is 2. The van der Waals surface area contributed by atoms with Crippen molar-refractivity contribution in [1.29, 1.82) is 0 Å². The van der Waals surface area contributed by atoms with Crippen LogP contribution in [0.4, 0.5) is 5.69 Å². The van der Waals surface area contributed by atoms with Crippen LogP contribution in [-0.4, -0.2) is 46.1 Å². The number of piperidine rings is 1. The fourth-order valence-electron chi connectivity index (χ4n) is 4.42. The number of nitrogens with one attached hydrogen (secondary N) is 2. The number of amides is 2. The Balaban J connectivity index is 1.24. The largest absolute Gasteiger partial charge is 0.454 e. The summed E-state index contributed by atoms with van der Waals surface area (Å²) in [7, 11) is 0. The number of nitrogens with zero attached hydrogens (tertiary/aromatic N) is 2. The maximum Gasteiger partial charge on any atom is 0.328 e. The highest BCUT2D eigenvalue weighted by Crippen LogP contribution is 2.34. The van der Waals surface area contributed by atoms with Crippen LogP contribution < -0.4 is 26.0 Å². The summed E-state index contributed by atoms with van der Waals surface area (Å²) in [6.07, 6.45) is 1.07. The molecule has 2 N–H and O–H groups in total. The number of carbonyl (C=O) groups is 2. The third-order valence-corrected chi connectivity index (χ3v) is 6.34. The second-order valence-corrected chi connectivity index (χ2v) is 8.36. The number of carbonyl (C=O) groups excluding carboxylic acids is 2. The second-order valence-electron chi connectivity index (χ2n) is 8.36. The summed E-state index contributed by atoms with van der Waals surface area (Å²) < 4.78 is 11.7. The van der Waals surface area contributed by atoms with Crippen molar-refractivity contribution >= 4 is 28.4 Å². The molecule has 176 valence electrons. The van der Waals surface area contributed by atoms with Gasteiger partial charge in [-0.15, -0.1) is 0 Å². The predicted octanol–water partition coefficient (Wildman–Crippen LogP) is 1.93. The number of benzene rings is 2. The van der Waals surface area contributed by atoms with Gasteiger partial charge in [-0.2, -0.15) is 0 Å². The Labute approximate surface area is 194 Å². The molecule has 0 aliphatic carbocycles. The minimum absolute atomic E-state index is 0.0959. The van der Waals surface area contributed by atoms with Gasteiger partial charge in [-0.3, -0.25) is 19.0 Å². The smallest absolute Gasteiger partial charge is 0.328 e. The van der Waals surface area contributed by atoms with E-state index in [4.69, 9.17) is 9.47 Å². The van der Waals surface area contributed by atoms with Gasteiger partial charge in [0, 0.05) is 42.9 Å². The first-order valence-corrected chi connectivity index (χ1v) is 11.2. The van der Waals surface area contributed by atoms with Crippen LogP contribution in [0.1, 0.15) is 30.1 Å². The number of hydrogen-bond acceptors (Lipinski definition) is 6. The van der Waals surface area contributed by atoms with E-state index in [2.05, 4.69) is 10.3 Å². The van der Waals surface area contributed by atoms with Gasteiger partial charge in [-0.1, -0.05) is 0 Å². The summed E-state index contributed by atoms with van der Waals surface area (Å²) in [5.74, 6) is 0.746. The van der Waals surface area contributed by atoms with E-state index in [-0.39, 0.29) is 36.6 Å². The first-order chi connectivity index (χ1) is 16.4. The summed E-state index contributed by atoms with van der Waals surface area (Å²) >= 11 is 0. The lowest BCUT2D eigenvalue weighted by Crippen LogP contribution is -2.41. The van der Waals surface area contributed by atoms with Crippen LogP contribution in [0, 0.1) is 5.92 Å². The molecule has 1 fully saturated rings. The highest BCUT2D eigenvalue weighted by molar-refractivity contribution is 5.98. The van der Waals surface area contributed by atoms with Gasteiger partial charge in [0.1, 0.15) is 0 Å². The summed E-state index contributed by atoms with van der Waals surface area (Å²) in [4.78, 5) is 54.7. The van der Waals surface area contributed by atoms with E-state index >= 15 is 0 Å². The van der Waals surface area contributed by atoms with Crippen LogP contribution in [0.25, 0.3) is 10.9 Å². The Bertz CT molecular complexity index is 1400. The number of anilines is 1. The minimum Gasteiger partial charge on any atom is -0.454 e. The zero-order valence-corrected chi connectivity index (χ0v) is 18.6. The van der Waals surface area contributed by atoms with Gasteiger partial charge in [0.25, 0.3) is 11.5 Å². The van der Waals surface area contributed by atoms with Crippen molar-refractivity contribution < 1.29 is 19.1 Å². The van der Waals surface area contributed by atoms with Crippen LogP contribution in [-0.2, 0) is 11.3 Å². The molecule has 3 aromatic rings. The van der Waals surface area contributed by atoms with E-state index in [1.807, 2.05) is 0 Å². The number of H-pyrrole nitrogens is 1. The maximum absolute atomic E-state index is 13.0. The molecule has 0 unspecified atom stereocenters. The van der Waals surface area contributed by atoms with Gasteiger partial charge in [-0.05, 0) is 50.1 Å². The van der Waals surface area contributed by atoms with Crippen LogP contribution in [0.15, 0.2) is 46.0 Å². The molecular formula is C24H24N4O6. The number of aromatic nitrogens is 2. The first kappa shape index (κ1) is 21.7. The van der Waals surface area contributed by atoms with Crippen LogP contribution in [0.5, 0.6) is 11.5 Å². The molecule has 1 saturated heterocycles. The summed E-state index contributed by atoms with van der Waals surface area (Å²) in [6, 6.07) is 9.97. The predicted molar refractivity (Wildman–Crippen MR) is 124 cm³/mol. The summed E-state index contributed by atoms with van der Waals surface area (Å²) in [6.45, 7) is 3.03. The third-order valence-electron chi connectivity index (χ3n) is 6.34. The molecule has 0 atom stereocenters. The van der Waals surface area contributed by atoms with Crippen molar-refractivity contribution in [2.45, 2.75) is 26.3 Å². The molecular weight excluding hydrogens is 440 g/mol. The molecule has 34 heavy (non-hydrogen) atoms. The molecule has 0 saturated carbocycles. The Hall–Kier alpha value is -4.08. The molecule has 2 aromatic carbocycles. The number of fused-ring (bicyclic) bond motifs is 2. The van der Waals surface area contributed by atoms with Gasteiger partial charge in [0.15, 0.2) is 11.5 Å². The standard InChI is InChI=1S/C24H24N4O6/c1-2-28-23(31)17-5-3-15(11-18(17)26-24(28)32)22(30)27-9-7-14(8-10-27)21(29)25-16-4-6-19-20(12-16)34-13-33-19/h3-6,11-12,14H,2,7-10,13H2,1H3,(H,25,29)(H,26,32). The van der Waals surface area contributed by atoms with Crippen molar-refractivity contribution in [3.05, 3.63) is 62.8 Å². The van der Waals surface area contributed by atoms with E-state index in [9.17, 15) is 19.2 Å². The average Bonchev–Trinajstić information content (AvgIpc) is 3.31. The second kappa shape index (κ2) is 8.69.